The number of ether oxygens (including phenoxy) is 1. The van der Waals surface area contributed by atoms with Crippen LogP contribution in [0.5, 0.6) is 5.75 Å². The highest BCUT2D eigenvalue weighted by molar-refractivity contribution is 6.33. The first kappa shape index (κ1) is 12.4. The fourth-order valence-corrected chi connectivity index (χ4v) is 1.83. The summed E-state index contributed by atoms with van der Waals surface area (Å²) in [7, 11) is 1.56. The van der Waals surface area contributed by atoms with E-state index in [1.54, 1.807) is 25.3 Å². The maximum absolute atomic E-state index is 6.02. The van der Waals surface area contributed by atoms with Crippen LogP contribution in [0.3, 0.4) is 0 Å². The second-order valence-electron chi connectivity index (χ2n) is 3.83. The number of nitrogens with zero attached hydrogens (tertiary/aromatic N) is 2. The molecule has 1 heterocycles. The lowest BCUT2D eigenvalue weighted by molar-refractivity contribution is 0.416. The Bertz CT molecular complexity index is 581. The van der Waals surface area contributed by atoms with Gasteiger partial charge in [0.15, 0.2) is 0 Å². The third-order valence-electron chi connectivity index (χ3n) is 2.47. The van der Waals surface area contributed by atoms with Gasteiger partial charge in [-0.2, -0.15) is 0 Å². The second kappa shape index (κ2) is 4.70. The molecule has 2 rings (SSSR count). The number of aryl methyl sites for hydroxylation is 1. The number of anilines is 2. The Morgan fingerprint density at radius 3 is 2.50 bits per heavy atom. The molecule has 2 aromatic rings. The van der Waals surface area contributed by atoms with Gasteiger partial charge in [0, 0.05) is 17.3 Å². The largest absolute Gasteiger partial charge is 0.496 e. The van der Waals surface area contributed by atoms with Gasteiger partial charge in [-0.1, -0.05) is 11.6 Å². The van der Waals surface area contributed by atoms with E-state index >= 15 is 0 Å². The fraction of sp³-hybridized carbons (Fsp3) is 0.167. The SMILES string of the molecule is COc1cc(N)c(Cl)cc1-c1cc(C)nc(N)n1. The first-order valence-electron chi connectivity index (χ1n) is 5.26. The number of aromatic nitrogens is 2. The highest BCUT2D eigenvalue weighted by Crippen LogP contribution is 2.35. The lowest BCUT2D eigenvalue weighted by Gasteiger charge is -2.11. The molecule has 0 bridgehead atoms. The predicted octanol–water partition coefficient (Wildman–Crippen LogP) is 2.28. The van der Waals surface area contributed by atoms with Crippen LogP contribution in [0, 0.1) is 6.92 Å². The number of nitrogen functional groups attached to an aromatic ring is 2. The predicted molar refractivity (Wildman–Crippen MR) is 72.6 cm³/mol. The molecule has 0 saturated carbocycles. The van der Waals surface area contributed by atoms with Crippen molar-refractivity contribution in [3.63, 3.8) is 0 Å². The molecule has 1 aromatic heterocycles. The molecule has 0 atom stereocenters. The molecular formula is C12H13ClN4O. The number of hydrogen-bond donors (Lipinski definition) is 2. The summed E-state index contributed by atoms with van der Waals surface area (Å²) < 4.78 is 5.28. The summed E-state index contributed by atoms with van der Waals surface area (Å²) in [6, 6.07) is 5.17. The Morgan fingerprint density at radius 2 is 1.89 bits per heavy atom. The van der Waals surface area contributed by atoms with Crippen molar-refractivity contribution in [2.24, 2.45) is 0 Å². The van der Waals surface area contributed by atoms with E-state index in [0.29, 0.717) is 22.2 Å². The van der Waals surface area contributed by atoms with Crippen LogP contribution in [0.1, 0.15) is 5.69 Å². The van der Waals surface area contributed by atoms with E-state index in [-0.39, 0.29) is 5.95 Å². The Morgan fingerprint density at radius 1 is 1.17 bits per heavy atom. The zero-order valence-electron chi connectivity index (χ0n) is 10.1. The minimum absolute atomic E-state index is 0.208. The summed E-state index contributed by atoms with van der Waals surface area (Å²) >= 11 is 6.02. The summed E-state index contributed by atoms with van der Waals surface area (Å²) in [5.41, 5.74) is 14.0. The van der Waals surface area contributed by atoms with Crippen LogP contribution in [-0.2, 0) is 0 Å². The number of nitrogens with two attached hydrogens (primary N) is 2. The lowest BCUT2D eigenvalue weighted by atomic mass is 10.1. The van der Waals surface area contributed by atoms with Gasteiger partial charge in [-0.25, -0.2) is 9.97 Å². The van der Waals surface area contributed by atoms with Crippen LogP contribution in [0.4, 0.5) is 11.6 Å². The topological polar surface area (TPSA) is 87.0 Å². The Hall–Kier alpha value is -2.01. The van der Waals surface area contributed by atoms with E-state index < -0.39 is 0 Å². The van der Waals surface area contributed by atoms with Crippen LogP contribution >= 0.6 is 11.6 Å². The number of benzene rings is 1. The van der Waals surface area contributed by atoms with E-state index in [2.05, 4.69) is 9.97 Å². The van der Waals surface area contributed by atoms with Crippen molar-refractivity contribution in [1.82, 2.24) is 9.97 Å². The van der Waals surface area contributed by atoms with Gasteiger partial charge in [-0.05, 0) is 19.1 Å². The van der Waals surface area contributed by atoms with Crippen LogP contribution in [0.15, 0.2) is 18.2 Å². The van der Waals surface area contributed by atoms with E-state index in [1.165, 1.54) is 0 Å². The molecule has 6 heteroatoms. The summed E-state index contributed by atoms with van der Waals surface area (Å²) in [5.74, 6) is 0.800. The van der Waals surface area contributed by atoms with Gasteiger partial charge in [0.1, 0.15) is 5.75 Å². The van der Waals surface area contributed by atoms with Crippen LogP contribution in [0.2, 0.25) is 5.02 Å². The third-order valence-corrected chi connectivity index (χ3v) is 2.79. The molecule has 1 aromatic carbocycles. The first-order valence-corrected chi connectivity index (χ1v) is 5.63. The van der Waals surface area contributed by atoms with Crippen LogP contribution < -0.4 is 16.2 Å². The minimum Gasteiger partial charge on any atom is -0.496 e. The summed E-state index contributed by atoms with van der Waals surface area (Å²) in [6.07, 6.45) is 0. The van der Waals surface area contributed by atoms with Gasteiger partial charge in [-0.15, -0.1) is 0 Å². The summed E-state index contributed by atoms with van der Waals surface area (Å²) in [6.45, 7) is 1.84. The number of rotatable bonds is 2. The van der Waals surface area contributed by atoms with Gasteiger partial charge >= 0.3 is 0 Å². The number of halogens is 1. The normalized spacial score (nSPS) is 10.4. The smallest absolute Gasteiger partial charge is 0.220 e. The molecule has 4 N–H and O–H groups in total. The maximum Gasteiger partial charge on any atom is 0.220 e. The zero-order valence-corrected chi connectivity index (χ0v) is 10.8. The highest BCUT2D eigenvalue weighted by atomic mass is 35.5. The minimum atomic E-state index is 0.208. The average molecular weight is 265 g/mol. The first-order chi connectivity index (χ1) is 8.51. The fourth-order valence-electron chi connectivity index (χ4n) is 1.67. The molecule has 0 aliphatic heterocycles. The van der Waals surface area contributed by atoms with E-state index in [1.807, 2.05) is 6.92 Å². The Labute approximate surface area is 110 Å². The molecule has 0 fully saturated rings. The number of methoxy groups -OCH3 is 1. The molecule has 5 nitrogen and oxygen atoms in total. The standard InChI is InChI=1S/C12H13ClN4O/c1-6-3-10(17-12(15)16-6)7-4-8(13)9(14)5-11(7)18-2/h3-5H,14H2,1-2H3,(H2,15,16,17). The van der Waals surface area contributed by atoms with Gasteiger partial charge < -0.3 is 16.2 Å². The van der Waals surface area contributed by atoms with Crippen molar-refractivity contribution in [2.75, 3.05) is 18.6 Å². The molecule has 94 valence electrons. The van der Waals surface area contributed by atoms with Crippen molar-refractivity contribution in [3.8, 4) is 17.0 Å². The quantitative estimate of drug-likeness (QED) is 0.813. The molecule has 0 amide bonds. The number of hydrogen-bond acceptors (Lipinski definition) is 5. The van der Waals surface area contributed by atoms with Gasteiger partial charge in [0.2, 0.25) is 5.95 Å². The van der Waals surface area contributed by atoms with Crippen LogP contribution in [0.25, 0.3) is 11.3 Å². The van der Waals surface area contributed by atoms with E-state index in [0.717, 1.165) is 11.3 Å². The molecule has 0 saturated heterocycles. The summed E-state index contributed by atoms with van der Waals surface area (Å²) in [4.78, 5) is 8.19. The molecule has 0 radical (unpaired) electrons. The molecule has 0 aliphatic rings. The van der Waals surface area contributed by atoms with Crippen molar-refractivity contribution >= 4 is 23.2 Å². The molecule has 18 heavy (non-hydrogen) atoms. The van der Waals surface area contributed by atoms with Crippen molar-refractivity contribution in [2.45, 2.75) is 6.92 Å². The molecule has 0 spiro atoms. The second-order valence-corrected chi connectivity index (χ2v) is 4.23. The molecular weight excluding hydrogens is 252 g/mol. The average Bonchev–Trinajstić information content (AvgIpc) is 2.30. The van der Waals surface area contributed by atoms with Crippen molar-refractivity contribution in [1.29, 1.82) is 0 Å². The maximum atomic E-state index is 6.02. The van der Waals surface area contributed by atoms with Crippen LogP contribution in [-0.4, -0.2) is 17.1 Å². The molecule has 0 aliphatic carbocycles. The lowest BCUT2D eigenvalue weighted by Crippen LogP contribution is -2.00. The zero-order chi connectivity index (χ0) is 13.3. The molecule has 0 unspecified atom stereocenters. The van der Waals surface area contributed by atoms with Gasteiger partial charge in [0.25, 0.3) is 0 Å². The third kappa shape index (κ3) is 2.31. The van der Waals surface area contributed by atoms with Gasteiger partial charge in [0.05, 0.1) is 23.5 Å². The Balaban J connectivity index is 2.65. The highest BCUT2D eigenvalue weighted by Gasteiger charge is 2.12. The van der Waals surface area contributed by atoms with E-state index in [4.69, 9.17) is 27.8 Å². The van der Waals surface area contributed by atoms with Crippen molar-refractivity contribution in [3.05, 3.63) is 28.9 Å². The monoisotopic (exact) mass is 264 g/mol. The van der Waals surface area contributed by atoms with Gasteiger partial charge in [-0.3, -0.25) is 0 Å². The Kier molecular flexibility index (Phi) is 3.25. The van der Waals surface area contributed by atoms with Crippen molar-refractivity contribution < 1.29 is 4.74 Å². The van der Waals surface area contributed by atoms with E-state index in [9.17, 15) is 0 Å². The summed E-state index contributed by atoms with van der Waals surface area (Å²) in [5, 5.41) is 0.445.